The van der Waals surface area contributed by atoms with Crippen LogP contribution in [0.1, 0.15) is 28.8 Å². The highest BCUT2D eigenvalue weighted by atomic mass is 35.5. The van der Waals surface area contributed by atoms with Gasteiger partial charge in [0.25, 0.3) is 5.91 Å². The minimum Gasteiger partial charge on any atom is -0.445 e. The molecule has 2 aromatic carbocycles. The van der Waals surface area contributed by atoms with Crippen LogP contribution >= 0.6 is 11.6 Å². The minimum absolute atomic E-state index is 0.0156. The zero-order valence-corrected chi connectivity index (χ0v) is 20.6. The molecule has 1 aromatic heterocycles. The molecular formula is C23H24ClN5O5S. The molecule has 1 N–H and O–H groups in total. The average Bonchev–Trinajstić information content (AvgIpc) is 3.28. The van der Waals surface area contributed by atoms with E-state index < -0.39 is 15.9 Å². The van der Waals surface area contributed by atoms with Crippen LogP contribution in [-0.2, 0) is 21.2 Å². The Labute approximate surface area is 207 Å². The smallest absolute Gasteiger partial charge is 0.410 e. The second-order valence-electron chi connectivity index (χ2n) is 9.31. The SMILES string of the molecule is CS(=O)(=O)c1cc(Cl)cc(COC(=O)N2CCC3(CC2)CN(C(=O)c2ccc4[nH]nnc4c2)C3)c1. The van der Waals surface area contributed by atoms with E-state index in [4.69, 9.17) is 16.3 Å². The van der Waals surface area contributed by atoms with Crippen LogP contribution in [0.2, 0.25) is 5.02 Å². The number of benzene rings is 2. The Balaban J connectivity index is 1.12. The molecule has 0 bridgehead atoms. The van der Waals surface area contributed by atoms with Crippen molar-refractivity contribution in [2.45, 2.75) is 24.3 Å². The number of likely N-dealkylation sites (tertiary alicyclic amines) is 2. The number of aromatic nitrogens is 3. The summed E-state index contributed by atoms with van der Waals surface area (Å²) in [5.41, 5.74) is 2.55. The Morgan fingerprint density at radius 2 is 1.86 bits per heavy atom. The van der Waals surface area contributed by atoms with Gasteiger partial charge in [0.05, 0.1) is 10.4 Å². The van der Waals surface area contributed by atoms with Crippen LogP contribution in [0.25, 0.3) is 11.0 Å². The quantitative estimate of drug-likeness (QED) is 0.564. The van der Waals surface area contributed by atoms with Gasteiger partial charge in [-0.25, -0.2) is 13.2 Å². The van der Waals surface area contributed by atoms with E-state index in [0.29, 0.717) is 42.8 Å². The molecule has 0 radical (unpaired) electrons. The maximum Gasteiger partial charge on any atom is 0.410 e. The molecule has 35 heavy (non-hydrogen) atoms. The van der Waals surface area contributed by atoms with Crippen molar-refractivity contribution in [3.63, 3.8) is 0 Å². The van der Waals surface area contributed by atoms with Crippen LogP contribution in [0, 0.1) is 5.41 Å². The molecule has 2 aliphatic rings. The van der Waals surface area contributed by atoms with Gasteiger partial charge in [0.2, 0.25) is 0 Å². The molecule has 10 nitrogen and oxygen atoms in total. The van der Waals surface area contributed by atoms with Gasteiger partial charge in [-0.05, 0) is 54.8 Å². The van der Waals surface area contributed by atoms with E-state index in [1.165, 1.54) is 12.1 Å². The third-order valence-electron chi connectivity index (χ3n) is 6.72. The molecule has 0 unspecified atom stereocenters. The Hall–Kier alpha value is -3.18. The summed E-state index contributed by atoms with van der Waals surface area (Å²) in [6.45, 7) is 2.32. The number of ether oxygens (including phenoxy) is 1. The molecule has 2 fully saturated rings. The fraction of sp³-hybridized carbons (Fsp3) is 0.391. The first-order valence-corrected chi connectivity index (χ1v) is 13.4. The van der Waals surface area contributed by atoms with Crippen LogP contribution in [0.15, 0.2) is 41.3 Å². The lowest BCUT2D eigenvalue weighted by molar-refractivity contribution is -0.0319. The topological polar surface area (TPSA) is 126 Å². The van der Waals surface area contributed by atoms with Crippen LogP contribution in [0.3, 0.4) is 0 Å². The Morgan fingerprint density at radius 3 is 2.57 bits per heavy atom. The minimum atomic E-state index is -3.42. The highest BCUT2D eigenvalue weighted by Crippen LogP contribution is 2.41. The third kappa shape index (κ3) is 4.83. The van der Waals surface area contributed by atoms with Gasteiger partial charge >= 0.3 is 6.09 Å². The van der Waals surface area contributed by atoms with E-state index in [1.54, 1.807) is 29.2 Å². The maximum absolute atomic E-state index is 12.9. The van der Waals surface area contributed by atoms with Crippen molar-refractivity contribution in [2.75, 3.05) is 32.4 Å². The van der Waals surface area contributed by atoms with Crippen molar-refractivity contribution in [1.29, 1.82) is 0 Å². The van der Waals surface area contributed by atoms with Gasteiger partial charge in [0.1, 0.15) is 12.1 Å². The van der Waals surface area contributed by atoms with Gasteiger partial charge < -0.3 is 14.5 Å². The van der Waals surface area contributed by atoms with Gasteiger partial charge in [0, 0.05) is 48.4 Å². The molecule has 0 atom stereocenters. The molecule has 2 saturated heterocycles. The molecule has 0 aliphatic carbocycles. The monoisotopic (exact) mass is 517 g/mol. The molecule has 3 aromatic rings. The summed E-state index contributed by atoms with van der Waals surface area (Å²) < 4.78 is 29.0. The van der Waals surface area contributed by atoms with Crippen molar-refractivity contribution < 1.29 is 22.7 Å². The zero-order valence-electron chi connectivity index (χ0n) is 19.0. The molecule has 3 heterocycles. The first kappa shape index (κ1) is 23.6. The van der Waals surface area contributed by atoms with Gasteiger partial charge in [-0.3, -0.25) is 9.89 Å². The van der Waals surface area contributed by atoms with Crippen molar-refractivity contribution in [3.8, 4) is 0 Å². The highest BCUT2D eigenvalue weighted by Gasteiger charge is 2.47. The number of sulfone groups is 1. The summed E-state index contributed by atoms with van der Waals surface area (Å²) in [5.74, 6) is -0.0302. The molecular weight excluding hydrogens is 494 g/mol. The second-order valence-corrected chi connectivity index (χ2v) is 11.8. The Bertz CT molecular complexity index is 1410. The number of carbonyl (C=O) groups excluding carboxylic acids is 2. The van der Waals surface area contributed by atoms with E-state index in [0.717, 1.165) is 24.6 Å². The molecule has 0 saturated carbocycles. The van der Waals surface area contributed by atoms with Gasteiger partial charge in [-0.2, -0.15) is 0 Å². The maximum atomic E-state index is 12.9. The molecule has 184 valence electrons. The number of hydrogen-bond donors (Lipinski definition) is 1. The Kier molecular flexibility index (Phi) is 5.92. The largest absolute Gasteiger partial charge is 0.445 e. The van der Waals surface area contributed by atoms with Crippen molar-refractivity contribution in [1.82, 2.24) is 25.2 Å². The number of amides is 2. The normalized spacial score (nSPS) is 17.4. The number of nitrogens with one attached hydrogen (secondary N) is 1. The standard InChI is InChI=1S/C23H24ClN5O5S/c1-35(32,33)18-9-15(8-17(24)11-18)12-34-22(31)28-6-4-23(5-7-28)13-29(14-23)21(30)16-2-3-19-20(10-16)26-27-25-19/h2-3,8-11H,4-7,12-14H2,1H3,(H,25,26,27). The van der Waals surface area contributed by atoms with Crippen molar-refractivity contribution in [3.05, 3.63) is 52.5 Å². The molecule has 2 aliphatic heterocycles. The first-order valence-electron chi connectivity index (χ1n) is 11.1. The fourth-order valence-electron chi connectivity index (χ4n) is 4.70. The van der Waals surface area contributed by atoms with Crippen LogP contribution < -0.4 is 0 Å². The van der Waals surface area contributed by atoms with Crippen molar-refractivity contribution in [2.24, 2.45) is 5.41 Å². The van der Waals surface area contributed by atoms with E-state index in [2.05, 4.69) is 15.4 Å². The Morgan fingerprint density at radius 1 is 1.11 bits per heavy atom. The number of fused-ring (bicyclic) bond motifs is 1. The molecule has 5 rings (SSSR count). The number of carbonyl (C=O) groups is 2. The average molecular weight is 518 g/mol. The fourth-order valence-corrected chi connectivity index (χ4v) is 5.73. The highest BCUT2D eigenvalue weighted by molar-refractivity contribution is 7.90. The van der Waals surface area contributed by atoms with Gasteiger partial charge in [-0.1, -0.05) is 16.8 Å². The summed E-state index contributed by atoms with van der Waals surface area (Å²) in [5, 5.41) is 10.8. The first-order chi connectivity index (χ1) is 16.6. The summed E-state index contributed by atoms with van der Waals surface area (Å²) in [6, 6.07) is 9.71. The number of hydrogen-bond acceptors (Lipinski definition) is 7. The van der Waals surface area contributed by atoms with Gasteiger partial charge in [-0.15, -0.1) is 5.10 Å². The zero-order chi connectivity index (χ0) is 24.8. The third-order valence-corrected chi connectivity index (χ3v) is 8.03. The summed E-state index contributed by atoms with van der Waals surface area (Å²) in [6.07, 6.45) is 2.21. The number of aromatic amines is 1. The van der Waals surface area contributed by atoms with Gasteiger partial charge in [0.15, 0.2) is 9.84 Å². The van der Waals surface area contributed by atoms with E-state index in [1.807, 2.05) is 4.90 Å². The summed E-state index contributed by atoms with van der Waals surface area (Å²) in [7, 11) is -3.42. The molecule has 2 amide bonds. The lowest BCUT2D eigenvalue weighted by Gasteiger charge is -2.53. The molecule has 1 spiro atoms. The number of rotatable bonds is 4. The lowest BCUT2D eigenvalue weighted by Crippen LogP contribution is -2.62. The predicted molar refractivity (Wildman–Crippen MR) is 128 cm³/mol. The number of piperidine rings is 1. The van der Waals surface area contributed by atoms with E-state index in [9.17, 15) is 18.0 Å². The number of H-pyrrole nitrogens is 1. The summed E-state index contributed by atoms with van der Waals surface area (Å²) in [4.78, 5) is 29.0. The summed E-state index contributed by atoms with van der Waals surface area (Å²) >= 11 is 6.02. The van der Waals surface area contributed by atoms with Crippen LogP contribution in [0.4, 0.5) is 4.79 Å². The van der Waals surface area contributed by atoms with E-state index >= 15 is 0 Å². The number of nitrogens with zero attached hydrogens (tertiary/aromatic N) is 4. The molecule has 12 heteroatoms. The van der Waals surface area contributed by atoms with Crippen LogP contribution in [-0.4, -0.2) is 78.1 Å². The van der Waals surface area contributed by atoms with Crippen LogP contribution in [0.5, 0.6) is 0 Å². The number of halogens is 1. The van der Waals surface area contributed by atoms with Crippen molar-refractivity contribution >= 4 is 44.5 Å². The van der Waals surface area contributed by atoms with E-state index in [-0.39, 0.29) is 27.8 Å². The second kappa shape index (κ2) is 8.80. The lowest BCUT2D eigenvalue weighted by atomic mass is 9.72. The predicted octanol–water partition coefficient (Wildman–Crippen LogP) is 2.89.